The number of nitrogens with zero attached hydrogens (tertiary/aromatic N) is 1. The molecule has 0 spiro atoms. The van der Waals surface area contributed by atoms with Crippen LogP contribution in [0, 0.1) is 6.92 Å². The SMILES string of the molecule is Cc1cc(OCC(=O)c2ccn(C)c2)ccc1Cl. The molecular weight excluding hydrogens is 250 g/mol. The quantitative estimate of drug-likeness (QED) is 0.793. The molecule has 0 bridgehead atoms. The highest BCUT2D eigenvalue weighted by Crippen LogP contribution is 2.21. The molecule has 94 valence electrons. The van der Waals surface area contributed by atoms with Crippen LogP contribution in [-0.4, -0.2) is 17.0 Å². The number of halogens is 1. The molecule has 0 N–H and O–H groups in total. The minimum atomic E-state index is -0.0387. The Hall–Kier alpha value is -1.74. The number of carbonyl (C=O) groups excluding carboxylic acids is 1. The number of Topliss-reactive ketones (excluding diaryl/α,β-unsaturated/α-hetero) is 1. The number of aromatic nitrogens is 1. The Morgan fingerprint density at radius 3 is 2.78 bits per heavy atom. The Morgan fingerprint density at radius 2 is 2.17 bits per heavy atom. The van der Waals surface area contributed by atoms with Crippen LogP contribution in [0.5, 0.6) is 5.75 Å². The fraction of sp³-hybridized carbons (Fsp3) is 0.214. The molecule has 3 nitrogen and oxygen atoms in total. The molecule has 0 atom stereocenters. The van der Waals surface area contributed by atoms with Gasteiger partial charge in [-0.05, 0) is 36.8 Å². The summed E-state index contributed by atoms with van der Waals surface area (Å²) >= 11 is 5.92. The zero-order valence-corrected chi connectivity index (χ0v) is 11.1. The van der Waals surface area contributed by atoms with Gasteiger partial charge in [0.05, 0.1) is 0 Å². The highest BCUT2D eigenvalue weighted by molar-refractivity contribution is 6.31. The highest BCUT2D eigenvalue weighted by atomic mass is 35.5. The van der Waals surface area contributed by atoms with Crippen molar-refractivity contribution in [3.63, 3.8) is 0 Å². The second-order valence-corrected chi connectivity index (χ2v) is 4.60. The first-order valence-corrected chi connectivity index (χ1v) is 5.98. The Kier molecular flexibility index (Phi) is 3.72. The number of carbonyl (C=O) groups is 1. The third kappa shape index (κ3) is 2.93. The summed E-state index contributed by atoms with van der Waals surface area (Å²) in [5.74, 6) is 0.615. The third-order valence-corrected chi connectivity index (χ3v) is 3.08. The summed E-state index contributed by atoms with van der Waals surface area (Å²) in [6.45, 7) is 1.93. The van der Waals surface area contributed by atoms with Crippen molar-refractivity contribution in [3.8, 4) is 5.75 Å². The smallest absolute Gasteiger partial charge is 0.201 e. The van der Waals surface area contributed by atoms with Crippen molar-refractivity contribution in [3.05, 3.63) is 52.8 Å². The van der Waals surface area contributed by atoms with Crippen LogP contribution in [0.1, 0.15) is 15.9 Å². The van der Waals surface area contributed by atoms with Crippen molar-refractivity contribution in [1.29, 1.82) is 0 Å². The van der Waals surface area contributed by atoms with Gasteiger partial charge in [0.2, 0.25) is 5.78 Å². The molecule has 0 aliphatic rings. The van der Waals surface area contributed by atoms with E-state index in [1.807, 2.05) is 30.8 Å². The van der Waals surface area contributed by atoms with Crippen LogP contribution in [0.3, 0.4) is 0 Å². The van der Waals surface area contributed by atoms with E-state index < -0.39 is 0 Å². The fourth-order valence-corrected chi connectivity index (χ4v) is 1.72. The average Bonchev–Trinajstić information content (AvgIpc) is 2.77. The Labute approximate surface area is 111 Å². The molecule has 0 aliphatic heterocycles. The van der Waals surface area contributed by atoms with E-state index in [1.165, 1.54) is 0 Å². The topological polar surface area (TPSA) is 31.2 Å². The Balaban J connectivity index is 1.99. The minimum absolute atomic E-state index is 0.0328. The van der Waals surface area contributed by atoms with Crippen molar-refractivity contribution in [1.82, 2.24) is 4.57 Å². The van der Waals surface area contributed by atoms with Crippen molar-refractivity contribution < 1.29 is 9.53 Å². The molecule has 0 amide bonds. The van der Waals surface area contributed by atoms with E-state index in [9.17, 15) is 4.79 Å². The van der Waals surface area contributed by atoms with Gasteiger partial charge >= 0.3 is 0 Å². The maximum atomic E-state index is 11.8. The molecule has 0 aliphatic carbocycles. The zero-order valence-electron chi connectivity index (χ0n) is 10.3. The molecule has 4 heteroatoms. The molecule has 18 heavy (non-hydrogen) atoms. The summed E-state index contributed by atoms with van der Waals surface area (Å²) in [5.41, 5.74) is 1.59. The first-order valence-electron chi connectivity index (χ1n) is 5.60. The fourth-order valence-electron chi connectivity index (χ4n) is 1.61. The lowest BCUT2D eigenvalue weighted by Gasteiger charge is -2.06. The number of ether oxygens (including phenoxy) is 1. The van der Waals surface area contributed by atoms with E-state index >= 15 is 0 Å². The molecule has 0 radical (unpaired) electrons. The van der Waals surface area contributed by atoms with Crippen molar-refractivity contribution in [2.75, 3.05) is 6.61 Å². The second-order valence-electron chi connectivity index (χ2n) is 4.19. The van der Waals surface area contributed by atoms with Crippen LogP contribution in [-0.2, 0) is 7.05 Å². The van der Waals surface area contributed by atoms with E-state index in [2.05, 4.69) is 0 Å². The van der Waals surface area contributed by atoms with E-state index in [0.29, 0.717) is 16.3 Å². The van der Waals surface area contributed by atoms with Gasteiger partial charge in [-0.25, -0.2) is 0 Å². The molecule has 0 fully saturated rings. The predicted octanol–water partition coefficient (Wildman–Crippen LogP) is 3.25. The van der Waals surface area contributed by atoms with Crippen LogP contribution in [0.25, 0.3) is 0 Å². The van der Waals surface area contributed by atoms with Gasteiger partial charge in [0.25, 0.3) is 0 Å². The molecule has 1 heterocycles. The van der Waals surface area contributed by atoms with Gasteiger partial charge in [-0.2, -0.15) is 0 Å². The predicted molar refractivity (Wildman–Crippen MR) is 71.4 cm³/mol. The van der Waals surface area contributed by atoms with Crippen LogP contribution in [0.4, 0.5) is 0 Å². The number of hydrogen-bond donors (Lipinski definition) is 0. The van der Waals surface area contributed by atoms with E-state index in [4.69, 9.17) is 16.3 Å². The largest absolute Gasteiger partial charge is 0.485 e. The molecular formula is C14H14ClNO2. The van der Waals surface area contributed by atoms with Gasteiger partial charge in [0.1, 0.15) is 5.75 Å². The highest BCUT2D eigenvalue weighted by Gasteiger charge is 2.08. The molecule has 0 saturated carbocycles. The number of benzene rings is 1. The summed E-state index contributed by atoms with van der Waals surface area (Å²) in [5, 5.41) is 0.691. The summed E-state index contributed by atoms with van der Waals surface area (Å²) in [7, 11) is 1.88. The first kappa shape index (κ1) is 12.7. The van der Waals surface area contributed by atoms with Gasteiger partial charge in [0, 0.05) is 30.0 Å². The van der Waals surface area contributed by atoms with E-state index in [-0.39, 0.29) is 12.4 Å². The van der Waals surface area contributed by atoms with Crippen molar-refractivity contribution in [2.45, 2.75) is 6.92 Å². The number of ketones is 1. The lowest BCUT2D eigenvalue weighted by atomic mass is 10.2. The lowest BCUT2D eigenvalue weighted by molar-refractivity contribution is 0.0921. The summed E-state index contributed by atoms with van der Waals surface area (Å²) in [6, 6.07) is 7.12. The van der Waals surface area contributed by atoms with E-state index in [0.717, 1.165) is 5.56 Å². The van der Waals surface area contributed by atoms with Crippen LogP contribution < -0.4 is 4.74 Å². The van der Waals surface area contributed by atoms with Crippen molar-refractivity contribution >= 4 is 17.4 Å². The van der Waals surface area contributed by atoms with Crippen LogP contribution in [0.15, 0.2) is 36.7 Å². The molecule has 0 unspecified atom stereocenters. The van der Waals surface area contributed by atoms with Gasteiger partial charge in [-0.1, -0.05) is 11.6 Å². The summed E-state index contributed by atoms with van der Waals surface area (Å²) in [4.78, 5) is 11.8. The van der Waals surface area contributed by atoms with E-state index in [1.54, 1.807) is 24.4 Å². The molecule has 2 aromatic rings. The second kappa shape index (κ2) is 5.27. The van der Waals surface area contributed by atoms with Gasteiger partial charge in [-0.3, -0.25) is 4.79 Å². The molecule has 1 aromatic heterocycles. The van der Waals surface area contributed by atoms with Gasteiger partial charge in [-0.15, -0.1) is 0 Å². The number of hydrogen-bond acceptors (Lipinski definition) is 2. The first-order chi connectivity index (χ1) is 8.56. The third-order valence-electron chi connectivity index (χ3n) is 2.65. The van der Waals surface area contributed by atoms with Gasteiger partial charge in [0.15, 0.2) is 6.61 Å². The van der Waals surface area contributed by atoms with Crippen molar-refractivity contribution in [2.24, 2.45) is 7.05 Å². The van der Waals surface area contributed by atoms with Gasteiger partial charge < -0.3 is 9.30 Å². The lowest BCUT2D eigenvalue weighted by Crippen LogP contribution is -2.10. The summed E-state index contributed by atoms with van der Waals surface area (Å²) in [6.07, 6.45) is 3.61. The maximum absolute atomic E-state index is 11.8. The number of rotatable bonds is 4. The Morgan fingerprint density at radius 1 is 1.39 bits per heavy atom. The van der Waals surface area contributed by atoms with Crippen LogP contribution in [0.2, 0.25) is 5.02 Å². The minimum Gasteiger partial charge on any atom is -0.485 e. The molecule has 2 rings (SSSR count). The monoisotopic (exact) mass is 263 g/mol. The maximum Gasteiger partial charge on any atom is 0.201 e. The molecule has 0 saturated heterocycles. The Bertz CT molecular complexity index is 575. The average molecular weight is 264 g/mol. The normalized spacial score (nSPS) is 10.4. The summed E-state index contributed by atoms with van der Waals surface area (Å²) < 4.78 is 7.28. The number of aryl methyl sites for hydroxylation is 2. The zero-order chi connectivity index (χ0) is 13.1. The standard InChI is InChI=1S/C14H14ClNO2/c1-10-7-12(3-4-13(10)15)18-9-14(17)11-5-6-16(2)8-11/h3-8H,9H2,1-2H3. The molecule has 1 aromatic carbocycles. The van der Waals surface area contributed by atoms with Crippen LogP contribution >= 0.6 is 11.6 Å².